The summed E-state index contributed by atoms with van der Waals surface area (Å²) in [7, 11) is 0. The number of halogens is 1. The summed E-state index contributed by atoms with van der Waals surface area (Å²) in [5.74, 6) is 0.916. The van der Waals surface area contributed by atoms with E-state index in [2.05, 4.69) is 32.8 Å². The standard InChI is InChI=1S/C7H9IN2S/c8-7-10-9-6(11-7)4-5-2-1-3-5/h5H,1-4H2. The van der Waals surface area contributed by atoms with E-state index >= 15 is 0 Å². The molecule has 1 aromatic heterocycles. The molecule has 0 atom stereocenters. The third-order valence-corrected chi connectivity index (χ3v) is 3.74. The van der Waals surface area contributed by atoms with Crippen LogP contribution in [0.4, 0.5) is 0 Å². The molecule has 1 heterocycles. The maximum atomic E-state index is 4.10. The monoisotopic (exact) mass is 280 g/mol. The van der Waals surface area contributed by atoms with Gasteiger partial charge in [-0.1, -0.05) is 30.6 Å². The summed E-state index contributed by atoms with van der Waals surface area (Å²) < 4.78 is 1.07. The zero-order valence-corrected chi connectivity index (χ0v) is 9.06. The average Bonchev–Trinajstić information content (AvgIpc) is 2.27. The highest BCUT2D eigenvalue weighted by molar-refractivity contribution is 14.1. The first kappa shape index (κ1) is 7.91. The molecule has 0 aliphatic heterocycles. The number of hydrogen-bond donors (Lipinski definition) is 0. The molecule has 2 nitrogen and oxygen atoms in total. The molecule has 0 unspecified atom stereocenters. The van der Waals surface area contributed by atoms with Gasteiger partial charge < -0.3 is 0 Å². The Kier molecular flexibility index (Phi) is 2.41. The molecule has 60 valence electrons. The second-order valence-corrected chi connectivity index (χ2v) is 5.77. The van der Waals surface area contributed by atoms with Gasteiger partial charge in [0.25, 0.3) is 0 Å². The Morgan fingerprint density at radius 3 is 2.73 bits per heavy atom. The Hall–Kier alpha value is 0.290. The van der Waals surface area contributed by atoms with Gasteiger partial charge in [-0.15, -0.1) is 10.2 Å². The average molecular weight is 280 g/mol. The van der Waals surface area contributed by atoms with Crippen molar-refractivity contribution in [1.82, 2.24) is 10.2 Å². The fraction of sp³-hybridized carbons (Fsp3) is 0.714. The van der Waals surface area contributed by atoms with Crippen LogP contribution in [0.25, 0.3) is 0 Å². The molecule has 1 aromatic rings. The highest BCUT2D eigenvalue weighted by Crippen LogP contribution is 2.30. The maximum Gasteiger partial charge on any atom is 0.178 e. The summed E-state index contributed by atoms with van der Waals surface area (Å²) in [6, 6.07) is 0. The second-order valence-electron chi connectivity index (χ2n) is 2.95. The summed E-state index contributed by atoms with van der Waals surface area (Å²) in [6.45, 7) is 0. The molecule has 2 rings (SSSR count). The van der Waals surface area contributed by atoms with Crippen molar-refractivity contribution < 1.29 is 0 Å². The van der Waals surface area contributed by atoms with Gasteiger partial charge in [-0.05, 0) is 28.5 Å². The van der Waals surface area contributed by atoms with Gasteiger partial charge in [0, 0.05) is 6.42 Å². The van der Waals surface area contributed by atoms with Crippen LogP contribution in [0, 0.1) is 8.93 Å². The van der Waals surface area contributed by atoms with E-state index in [-0.39, 0.29) is 0 Å². The Morgan fingerprint density at radius 1 is 1.45 bits per heavy atom. The van der Waals surface area contributed by atoms with Crippen LogP contribution < -0.4 is 0 Å². The lowest BCUT2D eigenvalue weighted by atomic mass is 9.83. The van der Waals surface area contributed by atoms with Crippen LogP contribution in [-0.2, 0) is 6.42 Å². The van der Waals surface area contributed by atoms with Crippen molar-refractivity contribution >= 4 is 33.9 Å². The lowest BCUT2D eigenvalue weighted by molar-refractivity contribution is 0.313. The minimum Gasteiger partial charge on any atom is -0.143 e. The van der Waals surface area contributed by atoms with E-state index in [1.165, 1.54) is 30.7 Å². The molecular formula is C7H9IN2S. The summed E-state index contributed by atoms with van der Waals surface area (Å²) in [5, 5.41) is 9.30. The third kappa shape index (κ3) is 1.90. The smallest absolute Gasteiger partial charge is 0.143 e. The van der Waals surface area contributed by atoms with E-state index in [1.807, 2.05) is 0 Å². The van der Waals surface area contributed by atoms with Gasteiger partial charge >= 0.3 is 0 Å². The van der Waals surface area contributed by atoms with Crippen molar-refractivity contribution in [2.75, 3.05) is 0 Å². The van der Waals surface area contributed by atoms with E-state index in [0.29, 0.717) is 0 Å². The Morgan fingerprint density at radius 2 is 2.27 bits per heavy atom. The normalized spacial score (nSPS) is 18.3. The number of rotatable bonds is 2. The Labute approximate surface area is 83.6 Å². The zero-order valence-electron chi connectivity index (χ0n) is 6.09. The predicted molar refractivity (Wildman–Crippen MR) is 53.7 cm³/mol. The maximum absolute atomic E-state index is 4.10. The van der Waals surface area contributed by atoms with Gasteiger partial charge in [0.05, 0.1) is 0 Å². The first-order valence-corrected chi connectivity index (χ1v) is 5.72. The quantitative estimate of drug-likeness (QED) is 0.778. The van der Waals surface area contributed by atoms with Gasteiger partial charge in [0.1, 0.15) is 5.01 Å². The number of nitrogens with zero attached hydrogens (tertiary/aromatic N) is 2. The van der Waals surface area contributed by atoms with Gasteiger partial charge in [0.15, 0.2) is 3.01 Å². The molecule has 0 saturated heterocycles. The van der Waals surface area contributed by atoms with E-state index < -0.39 is 0 Å². The van der Waals surface area contributed by atoms with Crippen LogP contribution in [0.15, 0.2) is 0 Å². The van der Waals surface area contributed by atoms with E-state index in [0.717, 1.165) is 8.93 Å². The first-order valence-electron chi connectivity index (χ1n) is 3.82. The number of aromatic nitrogens is 2. The highest BCUT2D eigenvalue weighted by Gasteiger charge is 2.19. The largest absolute Gasteiger partial charge is 0.178 e. The summed E-state index contributed by atoms with van der Waals surface area (Å²) >= 11 is 3.95. The van der Waals surface area contributed by atoms with Crippen LogP contribution in [0.3, 0.4) is 0 Å². The lowest BCUT2D eigenvalue weighted by Gasteiger charge is -2.23. The van der Waals surface area contributed by atoms with E-state index in [1.54, 1.807) is 11.3 Å². The van der Waals surface area contributed by atoms with Crippen molar-refractivity contribution in [1.29, 1.82) is 0 Å². The van der Waals surface area contributed by atoms with Crippen molar-refractivity contribution in [3.63, 3.8) is 0 Å². The molecule has 1 saturated carbocycles. The van der Waals surface area contributed by atoms with Crippen molar-refractivity contribution in [3.05, 3.63) is 8.02 Å². The van der Waals surface area contributed by atoms with Crippen LogP contribution in [-0.4, -0.2) is 10.2 Å². The molecule has 0 bridgehead atoms. The Bertz CT molecular complexity index is 244. The SMILES string of the molecule is Ic1nnc(CC2CCC2)s1. The molecule has 4 heteroatoms. The Balaban J connectivity index is 1.95. The highest BCUT2D eigenvalue weighted by atomic mass is 127. The second kappa shape index (κ2) is 3.35. The lowest BCUT2D eigenvalue weighted by Crippen LogP contribution is -2.13. The van der Waals surface area contributed by atoms with Crippen LogP contribution in [0.1, 0.15) is 24.3 Å². The van der Waals surface area contributed by atoms with E-state index in [4.69, 9.17) is 0 Å². The van der Waals surface area contributed by atoms with Crippen LogP contribution in [0.2, 0.25) is 0 Å². The van der Waals surface area contributed by atoms with Gasteiger partial charge in [-0.3, -0.25) is 0 Å². The van der Waals surface area contributed by atoms with Crippen LogP contribution >= 0.6 is 33.9 Å². The molecule has 1 aliphatic rings. The molecule has 0 amide bonds. The molecule has 0 aromatic carbocycles. The molecule has 0 radical (unpaired) electrons. The fourth-order valence-corrected chi connectivity index (χ4v) is 2.81. The predicted octanol–water partition coefficient (Wildman–Crippen LogP) is 2.49. The van der Waals surface area contributed by atoms with Gasteiger partial charge in [-0.25, -0.2) is 0 Å². The molecule has 11 heavy (non-hydrogen) atoms. The first-order chi connectivity index (χ1) is 5.34. The number of hydrogen-bond acceptors (Lipinski definition) is 3. The van der Waals surface area contributed by atoms with Crippen molar-refractivity contribution in [2.24, 2.45) is 5.92 Å². The zero-order chi connectivity index (χ0) is 7.68. The summed E-state index contributed by atoms with van der Waals surface area (Å²) in [4.78, 5) is 0. The third-order valence-electron chi connectivity index (χ3n) is 2.13. The van der Waals surface area contributed by atoms with Crippen molar-refractivity contribution in [3.8, 4) is 0 Å². The minimum atomic E-state index is 0.916. The molecule has 1 aliphatic carbocycles. The summed E-state index contributed by atoms with van der Waals surface area (Å²) in [6.07, 6.45) is 5.38. The molecular weight excluding hydrogens is 271 g/mol. The van der Waals surface area contributed by atoms with Gasteiger partial charge in [-0.2, -0.15) is 0 Å². The van der Waals surface area contributed by atoms with Crippen molar-refractivity contribution in [2.45, 2.75) is 25.7 Å². The molecule has 0 spiro atoms. The van der Waals surface area contributed by atoms with Crippen LogP contribution in [0.5, 0.6) is 0 Å². The molecule has 0 N–H and O–H groups in total. The topological polar surface area (TPSA) is 25.8 Å². The van der Waals surface area contributed by atoms with Gasteiger partial charge in [0.2, 0.25) is 0 Å². The minimum absolute atomic E-state index is 0.916. The summed E-state index contributed by atoms with van der Waals surface area (Å²) in [5.41, 5.74) is 0. The van der Waals surface area contributed by atoms with E-state index in [9.17, 15) is 0 Å². The molecule has 1 fully saturated rings. The fourth-order valence-electron chi connectivity index (χ4n) is 1.26.